The third-order valence-corrected chi connectivity index (χ3v) is 6.91. The van der Waals surface area contributed by atoms with E-state index in [2.05, 4.69) is 17.4 Å². The maximum atomic E-state index is 12.5. The highest BCUT2D eigenvalue weighted by atomic mass is 32.1. The highest BCUT2D eigenvalue weighted by Crippen LogP contribution is 2.47. The van der Waals surface area contributed by atoms with Crippen molar-refractivity contribution in [3.8, 4) is 16.2 Å². The largest absolute Gasteiger partial charge is 0.488 e. The summed E-state index contributed by atoms with van der Waals surface area (Å²) < 4.78 is 11.0. The van der Waals surface area contributed by atoms with Crippen LogP contribution in [0.1, 0.15) is 33.6 Å². The van der Waals surface area contributed by atoms with Crippen LogP contribution in [-0.4, -0.2) is 25.0 Å². The fourth-order valence-electron chi connectivity index (χ4n) is 3.83. The Kier molecular flexibility index (Phi) is 4.79. The van der Waals surface area contributed by atoms with Crippen LogP contribution in [0.15, 0.2) is 60.7 Å². The quantitative estimate of drug-likeness (QED) is 0.605. The predicted octanol–water partition coefficient (Wildman–Crippen LogP) is 4.31. The monoisotopic (exact) mass is 419 g/mol. The zero-order valence-electron chi connectivity index (χ0n) is 16.4. The number of carbonyl (C=O) groups excluding carboxylic acids is 2. The van der Waals surface area contributed by atoms with Gasteiger partial charge in [-0.2, -0.15) is 0 Å². The van der Waals surface area contributed by atoms with E-state index in [1.165, 1.54) is 16.9 Å². The average molecular weight is 420 g/mol. The van der Waals surface area contributed by atoms with Gasteiger partial charge in [-0.25, -0.2) is 4.79 Å². The molecule has 0 bridgehead atoms. The molecule has 1 amide bonds. The Hall–Kier alpha value is -3.12. The molecule has 6 heteroatoms. The van der Waals surface area contributed by atoms with E-state index < -0.39 is 5.97 Å². The molecule has 1 aromatic heterocycles. The molecule has 2 aliphatic rings. The third kappa shape index (κ3) is 3.59. The van der Waals surface area contributed by atoms with Crippen LogP contribution in [0.4, 0.5) is 0 Å². The Labute approximate surface area is 178 Å². The van der Waals surface area contributed by atoms with E-state index in [0.29, 0.717) is 18.0 Å². The normalized spacial score (nSPS) is 15.3. The summed E-state index contributed by atoms with van der Waals surface area (Å²) in [5, 5.41) is 2.92. The number of nitrogens with one attached hydrogen (secondary N) is 1. The van der Waals surface area contributed by atoms with Crippen molar-refractivity contribution in [1.82, 2.24) is 5.32 Å². The van der Waals surface area contributed by atoms with Gasteiger partial charge in [0.15, 0.2) is 6.61 Å². The topological polar surface area (TPSA) is 64.6 Å². The molecule has 5 rings (SSSR count). The van der Waals surface area contributed by atoms with Crippen molar-refractivity contribution >= 4 is 23.2 Å². The number of rotatable bonds is 6. The van der Waals surface area contributed by atoms with Gasteiger partial charge in [-0.1, -0.05) is 42.5 Å². The number of para-hydroxylation sites is 1. The first kappa shape index (κ1) is 18.9. The average Bonchev–Trinajstić information content (AvgIpc) is 3.46. The van der Waals surface area contributed by atoms with Crippen LogP contribution >= 0.6 is 11.3 Å². The molecule has 0 radical (unpaired) electrons. The second kappa shape index (κ2) is 7.61. The van der Waals surface area contributed by atoms with Crippen molar-refractivity contribution in [1.29, 1.82) is 0 Å². The molecule has 0 unspecified atom stereocenters. The second-order valence-corrected chi connectivity index (χ2v) is 8.80. The molecule has 1 aliphatic heterocycles. The maximum Gasteiger partial charge on any atom is 0.348 e. The zero-order chi connectivity index (χ0) is 20.6. The van der Waals surface area contributed by atoms with Crippen LogP contribution in [-0.2, 0) is 21.6 Å². The number of thiophene rings is 1. The predicted molar refractivity (Wildman–Crippen MR) is 115 cm³/mol. The summed E-state index contributed by atoms with van der Waals surface area (Å²) in [6.07, 6.45) is 2.11. The molecule has 1 fully saturated rings. The molecule has 2 aromatic carbocycles. The van der Waals surface area contributed by atoms with Crippen molar-refractivity contribution in [3.63, 3.8) is 0 Å². The third-order valence-electron chi connectivity index (χ3n) is 5.72. The van der Waals surface area contributed by atoms with Gasteiger partial charge in [0, 0.05) is 28.0 Å². The Morgan fingerprint density at radius 2 is 1.83 bits per heavy atom. The smallest absolute Gasteiger partial charge is 0.348 e. The van der Waals surface area contributed by atoms with E-state index in [9.17, 15) is 9.59 Å². The number of esters is 1. The molecular weight excluding hydrogens is 398 g/mol. The summed E-state index contributed by atoms with van der Waals surface area (Å²) in [5.41, 5.74) is 3.22. The van der Waals surface area contributed by atoms with E-state index in [-0.39, 0.29) is 17.9 Å². The molecule has 0 saturated heterocycles. The van der Waals surface area contributed by atoms with Gasteiger partial charge in [-0.05, 0) is 36.6 Å². The Morgan fingerprint density at radius 1 is 1.07 bits per heavy atom. The highest BCUT2D eigenvalue weighted by molar-refractivity contribution is 7.17. The van der Waals surface area contributed by atoms with Gasteiger partial charge in [0.1, 0.15) is 17.2 Å². The van der Waals surface area contributed by atoms with E-state index >= 15 is 0 Å². The van der Waals surface area contributed by atoms with Crippen LogP contribution in [0.3, 0.4) is 0 Å². The lowest BCUT2D eigenvalue weighted by molar-refractivity contribution is -0.124. The number of hydrogen-bond acceptors (Lipinski definition) is 5. The summed E-state index contributed by atoms with van der Waals surface area (Å²) >= 11 is 1.38. The Morgan fingerprint density at radius 3 is 2.63 bits per heavy atom. The SMILES string of the molecule is O=C(COC(=O)c1cc2c(s1)-c1ccccc1OC2)NCC1(c2ccccc2)CC1. The first-order chi connectivity index (χ1) is 14.6. The minimum Gasteiger partial charge on any atom is -0.488 e. The molecule has 152 valence electrons. The van der Waals surface area contributed by atoms with Gasteiger partial charge in [0.25, 0.3) is 5.91 Å². The maximum absolute atomic E-state index is 12.5. The molecule has 1 saturated carbocycles. The molecule has 3 aromatic rings. The van der Waals surface area contributed by atoms with E-state index in [4.69, 9.17) is 9.47 Å². The summed E-state index contributed by atoms with van der Waals surface area (Å²) in [7, 11) is 0. The van der Waals surface area contributed by atoms with Gasteiger partial charge in [-0.15, -0.1) is 11.3 Å². The highest BCUT2D eigenvalue weighted by Gasteiger charge is 2.44. The van der Waals surface area contributed by atoms with Crippen molar-refractivity contribution in [2.45, 2.75) is 24.9 Å². The van der Waals surface area contributed by atoms with Gasteiger partial charge >= 0.3 is 5.97 Å². The van der Waals surface area contributed by atoms with Crippen LogP contribution in [0, 0.1) is 0 Å². The Bertz CT molecular complexity index is 1100. The Balaban J connectivity index is 1.18. The molecule has 0 spiro atoms. The number of amides is 1. The second-order valence-electron chi connectivity index (χ2n) is 7.75. The van der Waals surface area contributed by atoms with Gasteiger partial charge < -0.3 is 14.8 Å². The van der Waals surface area contributed by atoms with Crippen molar-refractivity contribution in [2.24, 2.45) is 0 Å². The molecule has 2 heterocycles. The van der Waals surface area contributed by atoms with Gasteiger partial charge in [-0.3, -0.25) is 4.79 Å². The zero-order valence-corrected chi connectivity index (χ0v) is 17.2. The molecule has 5 nitrogen and oxygen atoms in total. The van der Waals surface area contributed by atoms with Crippen LogP contribution < -0.4 is 10.1 Å². The van der Waals surface area contributed by atoms with Crippen molar-refractivity contribution < 1.29 is 19.1 Å². The number of hydrogen-bond donors (Lipinski definition) is 1. The fraction of sp³-hybridized carbons (Fsp3) is 0.250. The van der Waals surface area contributed by atoms with Crippen LogP contribution in [0.2, 0.25) is 0 Å². The van der Waals surface area contributed by atoms with E-state index in [0.717, 1.165) is 34.6 Å². The first-order valence-electron chi connectivity index (χ1n) is 9.99. The molecule has 1 N–H and O–H groups in total. The summed E-state index contributed by atoms with van der Waals surface area (Å²) in [4.78, 5) is 26.2. The minimum absolute atomic E-state index is 0.0289. The van der Waals surface area contributed by atoms with Gasteiger partial charge in [0.2, 0.25) is 0 Å². The number of fused-ring (bicyclic) bond motifs is 3. The number of ether oxygens (including phenoxy) is 2. The number of carbonyl (C=O) groups is 2. The summed E-state index contributed by atoms with van der Waals surface area (Å²) in [5.74, 6) is 0.0605. The molecule has 0 atom stereocenters. The van der Waals surface area contributed by atoms with Crippen LogP contribution in [0.25, 0.3) is 10.4 Å². The summed E-state index contributed by atoms with van der Waals surface area (Å²) in [6.45, 7) is 0.715. The molecular formula is C24H21NO4S. The fourth-order valence-corrected chi connectivity index (χ4v) is 4.92. The van der Waals surface area contributed by atoms with Crippen molar-refractivity contribution in [2.75, 3.05) is 13.2 Å². The molecule has 1 aliphatic carbocycles. The van der Waals surface area contributed by atoms with E-state index in [1.807, 2.05) is 42.5 Å². The number of benzene rings is 2. The molecule has 30 heavy (non-hydrogen) atoms. The lowest BCUT2D eigenvalue weighted by Crippen LogP contribution is -2.35. The van der Waals surface area contributed by atoms with Crippen LogP contribution in [0.5, 0.6) is 5.75 Å². The lowest BCUT2D eigenvalue weighted by Gasteiger charge is -2.16. The van der Waals surface area contributed by atoms with Gasteiger partial charge in [0.05, 0.1) is 0 Å². The summed E-state index contributed by atoms with van der Waals surface area (Å²) in [6, 6.07) is 19.8. The minimum atomic E-state index is -0.480. The standard InChI is InChI=1S/C24H21NO4S/c26-21(25-15-24(10-11-24)17-6-2-1-3-7-17)14-29-23(27)20-12-16-13-28-19-9-5-4-8-18(19)22(16)30-20/h1-9,12H,10-11,13-15H2,(H,25,26). The van der Waals surface area contributed by atoms with Crippen molar-refractivity contribution in [3.05, 3.63) is 76.7 Å². The first-order valence-corrected chi connectivity index (χ1v) is 10.8. The lowest BCUT2D eigenvalue weighted by atomic mass is 9.96. The van der Waals surface area contributed by atoms with E-state index in [1.54, 1.807) is 6.07 Å².